The number of carbonyl (C=O) groups is 1. The van der Waals surface area contributed by atoms with Gasteiger partial charge in [0.2, 0.25) is 5.82 Å². The van der Waals surface area contributed by atoms with Crippen molar-refractivity contribution in [2.75, 3.05) is 7.11 Å². The predicted octanol–water partition coefficient (Wildman–Crippen LogP) is 4.53. The van der Waals surface area contributed by atoms with E-state index >= 15 is 0 Å². The van der Waals surface area contributed by atoms with Crippen LogP contribution in [0.25, 0.3) is 17.3 Å². The summed E-state index contributed by atoms with van der Waals surface area (Å²) in [6.07, 6.45) is 1.59. The van der Waals surface area contributed by atoms with E-state index in [0.717, 1.165) is 11.3 Å². The highest BCUT2D eigenvalue weighted by Gasteiger charge is 2.20. The summed E-state index contributed by atoms with van der Waals surface area (Å²) < 4.78 is 13.0. The van der Waals surface area contributed by atoms with Crippen molar-refractivity contribution in [3.8, 4) is 23.0 Å². The first-order valence-corrected chi connectivity index (χ1v) is 9.73. The van der Waals surface area contributed by atoms with Crippen molar-refractivity contribution < 1.29 is 19.1 Å². The van der Waals surface area contributed by atoms with Gasteiger partial charge in [0.25, 0.3) is 0 Å². The SMILES string of the molecule is COc1ccccc1-n1c(SCc2ccc(C(=O)O)cc2)nnc1-c1ccco1. The lowest BCUT2D eigenvalue weighted by Gasteiger charge is -2.13. The van der Waals surface area contributed by atoms with E-state index in [4.69, 9.17) is 14.3 Å². The predicted molar refractivity (Wildman–Crippen MR) is 109 cm³/mol. The second kappa shape index (κ2) is 8.24. The lowest BCUT2D eigenvalue weighted by Crippen LogP contribution is -2.02. The van der Waals surface area contributed by atoms with Crippen molar-refractivity contribution in [3.63, 3.8) is 0 Å². The molecule has 0 saturated carbocycles. The number of benzene rings is 2. The molecular formula is C21H17N3O4S. The van der Waals surface area contributed by atoms with Gasteiger partial charge >= 0.3 is 5.97 Å². The van der Waals surface area contributed by atoms with Crippen LogP contribution >= 0.6 is 11.8 Å². The molecule has 8 heteroatoms. The number of rotatable bonds is 7. The third-order valence-electron chi connectivity index (χ3n) is 4.27. The molecule has 0 aliphatic heterocycles. The molecule has 0 spiro atoms. The fraction of sp³-hybridized carbons (Fsp3) is 0.0952. The number of thioether (sulfide) groups is 1. The third kappa shape index (κ3) is 3.88. The smallest absolute Gasteiger partial charge is 0.335 e. The molecule has 0 aliphatic rings. The quantitative estimate of drug-likeness (QED) is 0.450. The van der Waals surface area contributed by atoms with E-state index in [0.29, 0.717) is 28.2 Å². The van der Waals surface area contributed by atoms with Crippen molar-refractivity contribution in [1.29, 1.82) is 0 Å². The highest BCUT2D eigenvalue weighted by molar-refractivity contribution is 7.98. The molecule has 0 saturated heterocycles. The van der Waals surface area contributed by atoms with Gasteiger partial charge in [-0.25, -0.2) is 4.79 Å². The number of nitrogens with zero attached hydrogens (tertiary/aromatic N) is 3. The Bertz CT molecular complexity index is 1120. The number of aromatic nitrogens is 3. The average Bonchev–Trinajstić information content (AvgIpc) is 3.42. The molecule has 0 aliphatic carbocycles. The molecule has 146 valence electrons. The molecule has 0 unspecified atom stereocenters. The van der Waals surface area contributed by atoms with Gasteiger partial charge in [-0.1, -0.05) is 36.0 Å². The number of carboxylic acid groups (broad SMARTS) is 1. The van der Waals surface area contributed by atoms with Crippen LogP contribution in [0.5, 0.6) is 5.75 Å². The Morgan fingerprint density at radius 3 is 2.59 bits per heavy atom. The number of hydrogen-bond donors (Lipinski definition) is 1. The molecule has 29 heavy (non-hydrogen) atoms. The normalized spacial score (nSPS) is 10.8. The maximum Gasteiger partial charge on any atom is 0.335 e. The third-order valence-corrected chi connectivity index (χ3v) is 5.27. The summed E-state index contributed by atoms with van der Waals surface area (Å²) in [4.78, 5) is 11.0. The van der Waals surface area contributed by atoms with Crippen molar-refractivity contribution in [2.45, 2.75) is 10.9 Å². The Balaban J connectivity index is 1.69. The number of furan rings is 1. The number of para-hydroxylation sites is 2. The molecule has 2 aromatic heterocycles. The number of carboxylic acids is 1. The molecular weight excluding hydrogens is 390 g/mol. The molecule has 0 fully saturated rings. The fourth-order valence-electron chi connectivity index (χ4n) is 2.85. The zero-order chi connectivity index (χ0) is 20.2. The highest BCUT2D eigenvalue weighted by atomic mass is 32.2. The minimum Gasteiger partial charge on any atom is -0.495 e. The molecule has 0 amide bonds. The highest BCUT2D eigenvalue weighted by Crippen LogP contribution is 2.33. The standard InChI is InChI=1S/C21H17N3O4S/c1-27-17-6-3-2-5-16(17)24-19(18-7-4-12-28-18)22-23-21(24)29-13-14-8-10-15(11-9-14)20(25)26/h2-12H,13H2,1H3,(H,25,26). The summed E-state index contributed by atoms with van der Waals surface area (Å²) in [5.41, 5.74) is 2.04. The van der Waals surface area contributed by atoms with Gasteiger partial charge in [0.05, 0.1) is 24.6 Å². The fourth-order valence-corrected chi connectivity index (χ4v) is 3.75. The van der Waals surface area contributed by atoms with E-state index in [1.165, 1.54) is 11.8 Å². The van der Waals surface area contributed by atoms with Crippen LogP contribution < -0.4 is 4.74 Å². The molecule has 2 heterocycles. The lowest BCUT2D eigenvalue weighted by molar-refractivity contribution is 0.0697. The maximum absolute atomic E-state index is 11.0. The van der Waals surface area contributed by atoms with Crippen molar-refractivity contribution in [2.24, 2.45) is 0 Å². The largest absolute Gasteiger partial charge is 0.495 e. The van der Waals surface area contributed by atoms with E-state index < -0.39 is 5.97 Å². The Morgan fingerprint density at radius 1 is 1.10 bits per heavy atom. The second-order valence-electron chi connectivity index (χ2n) is 6.08. The lowest BCUT2D eigenvalue weighted by atomic mass is 10.1. The molecule has 0 radical (unpaired) electrons. The zero-order valence-electron chi connectivity index (χ0n) is 15.5. The Morgan fingerprint density at radius 2 is 1.90 bits per heavy atom. The summed E-state index contributed by atoms with van der Waals surface area (Å²) >= 11 is 1.49. The first kappa shape index (κ1) is 18.8. The number of hydrogen-bond acceptors (Lipinski definition) is 6. The number of ether oxygens (including phenoxy) is 1. The molecule has 2 aromatic carbocycles. The van der Waals surface area contributed by atoms with Crippen molar-refractivity contribution in [3.05, 3.63) is 78.1 Å². The monoisotopic (exact) mass is 407 g/mol. The molecule has 4 aromatic rings. The van der Waals surface area contributed by atoms with Crippen LogP contribution in [0.2, 0.25) is 0 Å². The van der Waals surface area contributed by atoms with Crippen LogP contribution in [0.4, 0.5) is 0 Å². The molecule has 1 N–H and O–H groups in total. The van der Waals surface area contributed by atoms with E-state index in [-0.39, 0.29) is 5.56 Å². The van der Waals surface area contributed by atoms with Crippen LogP contribution in [0, 0.1) is 0 Å². The molecule has 4 rings (SSSR count). The number of methoxy groups -OCH3 is 1. The van der Waals surface area contributed by atoms with Crippen LogP contribution in [0.1, 0.15) is 15.9 Å². The van der Waals surface area contributed by atoms with E-state index in [2.05, 4.69) is 10.2 Å². The van der Waals surface area contributed by atoms with Gasteiger partial charge in [-0.05, 0) is 42.0 Å². The topological polar surface area (TPSA) is 90.4 Å². The second-order valence-corrected chi connectivity index (χ2v) is 7.02. The first-order chi connectivity index (χ1) is 14.2. The average molecular weight is 407 g/mol. The van der Waals surface area contributed by atoms with Gasteiger partial charge in [0.15, 0.2) is 10.9 Å². The zero-order valence-corrected chi connectivity index (χ0v) is 16.3. The molecule has 0 bridgehead atoms. The Kier molecular flexibility index (Phi) is 5.35. The minimum atomic E-state index is -0.941. The van der Waals surface area contributed by atoms with E-state index in [1.807, 2.05) is 34.9 Å². The first-order valence-electron chi connectivity index (χ1n) is 8.75. The van der Waals surface area contributed by atoms with Gasteiger partial charge in [0, 0.05) is 5.75 Å². The van der Waals surface area contributed by atoms with E-state index in [1.54, 1.807) is 43.7 Å². The van der Waals surface area contributed by atoms with Crippen LogP contribution in [-0.4, -0.2) is 33.0 Å². The van der Waals surface area contributed by atoms with Gasteiger partial charge < -0.3 is 14.3 Å². The molecule has 7 nitrogen and oxygen atoms in total. The number of aromatic carboxylic acids is 1. The van der Waals surface area contributed by atoms with Gasteiger partial charge in [-0.3, -0.25) is 4.57 Å². The van der Waals surface area contributed by atoms with Crippen LogP contribution in [0.15, 0.2) is 76.5 Å². The summed E-state index contributed by atoms with van der Waals surface area (Å²) in [6.45, 7) is 0. The van der Waals surface area contributed by atoms with Crippen LogP contribution in [0.3, 0.4) is 0 Å². The van der Waals surface area contributed by atoms with Gasteiger partial charge in [-0.15, -0.1) is 10.2 Å². The summed E-state index contributed by atoms with van der Waals surface area (Å²) in [6, 6.07) is 18.0. The summed E-state index contributed by atoms with van der Waals surface area (Å²) in [5, 5.41) is 18.4. The van der Waals surface area contributed by atoms with Crippen LogP contribution in [-0.2, 0) is 5.75 Å². The van der Waals surface area contributed by atoms with Gasteiger partial charge in [-0.2, -0.15) is 0 Å². The van der Waals surface area contributed by atoms with Crippen molar-refractivity contribution in [1.82, 2.24) is 14.8 Å². The summed E-state index contributed by atoms with van der Waals surface area (Å²) in [5.74, 6) is 1.52. The minimum absolute atomic E-state index is 0.260. The maximum atomic E-state index is 11.0. The van der Waals surface area contributed by atoms with Gasteiger partial charge in [0.1, 0.15) is 5.75 Å². The Labute approximate surface area is 171 Å². The van der Waals surface area contributed by atoms with Crippen molar-refractivity contribution >= 4 is 17.7 Å². The summed E-state index contributed by atoms with van der Waals surface area (Å²) in [7, 11) is 1.62. The molecule has 0 atom stereocenters. The Hall–Kier alpha value is -3.52. The van der Waals surface area contributed by atoms with E-state index in [9.17, 15) is 4.79 Å².